The molecule has 0 aromatic carbocycles. The van der Waals surface area contributed by atoms with Gasteiger partial charge in [-0.15, -0.1) is 0 Å². The molecule has 0 aromatic rings. The van der Waals surface area contributed by atoms with Gasteiger partial charge in [0.2, 0.25) is 0 Å². The van der Waals surface area contributed by atoms with E-state index in [2.05, 4.69) is 51.2 Å². The van der Waals surface area contributed by atoms with E-state index in [1.165, 1.54) is 18.3 Å². The molecule has 5 nitrogen and oxygen atoms in total. The fraction of sp³-hybridized carbons (Fsp3) is 0.677. The minimum atomic E-state index is -0.178. The van der Waals surface area contributed by atoms with Crippen LogP contribution in [-0.2, 0) is 23.8 Å². The van der Waals surface area contributed by atoms with Gasteiger partial charge in [-0.05, 0) is 89.0 Å². The van der Waals surface area contributed by atoms with Crippen LogP contribution in [0.3, 0.4) is 0 Å². The largest absolute Gasteiger partial charge is 0.469 e. The number of ketones is 1. The zero-order chi connectivity index (χ0) is 25.9. The van der Waals surface area contributed by atoms with Crippen molar-refractivity contribution in [2.75, 3.05) is 13.7 Å². The average Bonchev–Trinajstić information content (AvgIpc) is 3.37. The Hall–Kier alpha value is -1.98. The van der Waals surface area contributed by atoms with Crippen LogP contribution in [0.5, 0.6) is 0 Å². The van der Waals surface area contributed by atoms with Crippen LogP contribution in [0.25, 0.3) is 0 Å². The van der Waals surface area contributed by atoms with E-state index in [4.69, 9.17) is 14.2 Å². The average molecular weight is 499 g/mol. The van der Waals surface area contributed by atoms with Gasteiger partial charge in [-0.25, -0.2) is 0 Å². The minimum Gasteiger partial charge on any atom is -0.469 e. The molecule has 0 N–H and O–H groups in total. The summed E-state index contributed by atoms with van der Waals surface area (Å²) in [5.74, 6) is 1.52. The first-order valence-electron chi connectivity index (χ1n) is 13.9. The molecule has 1 heterocycles. The van der Waals surface area contributed by atoms with Crippen molar-refractivity contribution in [3.63, 3.8) is 0 Å². The molecule has 1 saturated carbocycles. The standard InChI is InChI=1S/C31H46O5/c1-22(2)10-9-11-23(3)18-26(32)15-16-27-28-20-24(12-5-6-13-30(33)34-4)19-25(28)21-29(27)36-31-14-7-8-17-35-31/h5,10,12,15-16,19,23,25,27-29,31H,6-9,11,13-14,17-18,20-21H2,1-4H3/b12-5?,16-15-/t23-,25+,27+,28+,29-,31?/m1/s1. The lowest BCUT2D eigenvalue weighted by atomic mass is 9.88. The van der Waals surface area contributed by atoms with Gasteiger partial charge in [-0.3, -0.25) is 9.59 Å². The molecule has 0 bridgehead atoms. The second-order valence-corrected chi connectivity index (χ2v) is 11.1. The van der Waals surface area contributed by atoms with Crippen molar-refractivity contribution in [1.82, 2.24) is 0 Å². The first-order valence-corrected chi connectivity index (χ1v) is 13.9. The molecule has 1 unspecified atom stereocenters. The maximum absolute atomic E-state index is 12.8. The van der Waals surface area contributed by atoms with Gasteiger partial charge >= 0.3 is 5.97 Å². The molecule has 0 aromatic heterocycles. The fourth-order valence-corrected chi connectivity index (χ4v) is 5.73. The van der Waals surface area contributed by atoms with Gasteiger partial charge in [-0.2, -0.15) is 0 Å². The molecule has 3 rings (SSSR count). The predicted octanol–water partition coefficient (Wildman–Crippen LogP) is 6.89. The maximum atomic E-state index is 12.8. The van der Waals surface area contributed by atoms with E-state index < -0.39 is 0 Å². The zero-order valence-electron chi connectivity index (χ0n) is 22.7. The Bertz CT molecular complexity index is 841. The van der Waals surface area contributed by atoms with Crippen molar-refractivity contribution in [2.45, 2.75) is 97.4 Å². The number of carbonyl (C=O) groups is 2. The second kappa shape index (κ2) is 14.7. The van der Waals surface area contributed by atoms with Gasteiger partial charge in [0.25, 0.3) is 0 Å². The third kappa shape index (κ3) is 9.15. The number of esters is 1. The van der Waals surface area contributed by atoms with E-state index in [-0.39, 0.29) is 30.1 Å². The fourth-order valence-electron chi connectivity index (χ4n) is 5.73. The van der Waals surface area contributed by atoms with E-state index in [9.17, 15) is 9.59 Å². The molecule has 1 saturated heterocycles. The molecule has 200 valence electrons. The Morgan fingerprint density at radius 1 is 1.22 bits per heavy atom. The summed E-state index contributed by atoms with van der Waals surface area (Å²) in [6, 6.07) is 0. The summed E-state index contributed by atoms with van der Waals surface area (Å²) in [5, 5.41) is 0. The van der Waals surface area contributed by atoms with Gasteiger partial charge in [0.05, 0.1) is 13.2 Å². The molecule has 36 heavy (non-hydrogen) atoms. The molecule has 3 aliphatic rings. The van der Waals surface area contributed by atoms with Crippen molar-refractivity contribution in [3.05, 3.63) is 47.6 Å². The summed E-state index contributed by atoms with van der Waals surface area (Å²) in [7, 11) is 1.42. The van der Waals surface area contributed by atoms with Gasteiger partial charge in [-0.1, -0.05) is 48.5 Å². The lowest BCUT2D eigenvalue weighted by molar-refractivity contribution is -0.192. The van der Waals surface area contributed by atoms with Crippen molar-refractivity contribution in [2.24, 2.45) is 23.7 Å². The highest BCUT2D eigenvalue weighted by molar-refractivity contribution is 5.89. The lowest BCUT2D eigenvalue weighted by Gasteiger charge is -2.29. The van der Waals surface area contributed by atoms with Gasteiger partial charge in [0, 0.05) is 25.4 Å². The van der Waals surface area contributed by atoms with E-state index in [0.717, 1.165) is 51.6 Å². The van der Waals surface area contributed by atoms with Crippen LogP contribution in [0.2, 0.25) is 0 Å². The van der Waals surface area contributed by atoms with Crippen LogP contribution in [0, 0.1) is 23.7 Å². The van der Waals surface area contributed by atoms with Crippen LogP contribution in [-0.4, -0.2) is 37.9 Å². The molecular formula is C31H46O5. The third-order valence-electron chi connectivity index (χ3n) is 7.68. The Kier molecular flexibility index (Phi) is 11.7. The van der Waals surface area contributed by atoms with Gasteiger partial charge in [0.1, 0.15) is 0 Å². The highest BCUT2D eigenvalue weighted by Gasteiger charge is 2.45. The summed E-state index contributed by atoms with van der Waals surface area (Å²) < 4.78 is 17.1. The highest BCUT2D eigenvalue weighted by atomic mass is 16.7. The van der Waals surface area contributed by atoms with E-state index >= 15 is 0 Å². The first-order chi connectivity index (χ1) is 17.4. The van der Waals surface area contributed by atoms with Crippen molar-refractivity contribution in [1.29, 1.82) is 0 Å². The minimum absolute atomic E-state index is 0.0864. The molecule has 1 aliphatic heterocycles. The first kappa shape index (κ1) is 28.6. The molecule has 2 aliphatic carbocycles. The molecule has 0 spiro atoms. The smallest absolute Gasteiger partial charge is 0.305 e. The van der Waals surface area contributed by atoms with Crippen LogP contribution in [0.1, 0.15) is 85.0 Å². The van der Waals surface area contributed by atoms with Crippen molar-refractivity contribution >= 4 is 11.8 Å². The summed E-state index contributed by atoms with van der Waals surface area (Å²) in [6.07, 6.45) is 21.7. The Balaban J connectivity index is 1.60. The summed E-state index contributed by atoms with van der Waals surface area (Å²) >= 11 is 0. The number of ether oxygens (including phenoxy) is 3. The van der Waals surface area contributed by atoms with Gasteiger partial charge < -0.3 is 14.2 Å². The Morgan fingerprint density at radius 2 is 2.06 bits per heavy atom. The number of carbonyl (C=O) groups excluding carboxylic acids is 2. The summed E-state index contributed by atoms with van der Waals surface area (Å²) in [6.45, 7) is 7.17. The topological polar surface area (TPSA) is 61.8 Å². The Morgan fingerprint density at radius 3 is 2.78 bits per heavy atom. The molecule has 6 atom stereocenters. The van der Waals surface area contributed by atoms with Gasteiger partial charge in [0.15, 0.2) is 12.1 Å². The van der Waals surface area contributed by atoms with Crippen LogP contribution in [0.4, 0.5) is 0 Å². The monoisotopic (exact) mass is 498 g/mol. The summed E-state index contributed by atoms with van der Waals surface area (Å²) in [5.41, 5.74) is 2.65. The molecular weight excluding hydrogens is 452 g/mol. The lowest BCUT2D eigenvalue weighted by Crippen LogP contribution is -2.30. The highest BCUT2D eigenvalue weighted by Crippen LogP contribution is 2.49. The number of hydrogen-bond donors (Lipinski definition) is 0. The normalized spacial score (nSPS) is 28.8. The molecule has 5 heteroatoms. The number of fused-ring (bicyclic) bond motifs is 1. The van der Waals surface area contributed by atoms with Crippen LogP contribution >= 0.6 is 0 Å². The predicted molar refractivity (Wildman–Crippen MR) is 143 cm³/mol. The molecule has 2 fully saturated rings. The second-order valence-electron chi connectivity index (χ2n) is 11.1. The summed E-state index contributed by atoms with van der Waals surface area (Å²) in [4.78, 5) is 24.1. The number of hydrogen-bond acceptors (Lipinski definition) is 5. The quantitative estimate of drug-likeness (QED) is 0.157. The van der Waals surface area contributed by atoms with Crippen molar-refractivity contribution in [3.8, 4) is 0 Å². The van der Waals surface area contributed by atoms with E-state index in [0.29, 0.717) is 37.0 Å². The number of allylic oxidation sites excluding steroid dienone is 7. The van der Waals surface area contributed by atoms with E-state index in [1.54, 1.807) is 0 Å². The zero-order valence-corrected chi connectivity index (χ0v) is 22.7. The SMILES string of the molecule is COC(=O)CCC=CC1=C[C@H]2C[C@@H](OC3CCCCO3)[C@@H](/C=C\C(=O)C[C@H](C)CCC=C(C)C)[C@H]2C1. The number of rotatable bonds is 13. The van der Waals surface area contributed by atoms with Crippen LogP contribution in [0.15, 0.2) is 47.6 Å². The number of methoxy groups -OCH3 is 1. The Labute approximate surface area is 218 Å². The molecule has 0 amide bonds. The van der Waals surface area contributed by atoms with Crippen LogP contribution < -0.4 is 0 Å². The van der Waals surface area contributed by atoms with Crippen molar-refractivity contribution < 1.29 is 23.8 Å². The third-order valence-corrected chi connectivity index (χ3v) is 7.68. The molecule has 0 radical (unpaired) electrons. The maximum Gasteiger partial charge on any atom is 0.305 e. The van der Waals surface area contributed by atoms with E-state index in [1.807, 2.05) is 6.08 Å².